The lowest BCUT2D eigenvalue weighted by molar-refractivity contribution is -0.149. The van der Waals surface area contributed by atoms with Crippen LogP contribution in [0.25, 0.3) is 0 Å². The maximum atomic E-state index is 11.5. The van der Waals surface area contributed by atoms with Crippen molar-refractivity contribution in [2.45, 2.75) is 19.3 Å². The Morgan fingerprint density at radius 1 is 1.05 bits per heavy atom. The van der Waals surface area contributed by atoms with Gasteiger partial charge in [0.1, 0.15) is 6.73 Å². The summed E-state index contributed by atoms with van der Waals surface area (Å²) in [5.74, 6) is -0.196. The first-order valence-electron chi connectivity index (χ1n) is 7.73. The van der Waals surface area contributed by atoms with E-state index in [-0.39, 0.29) is 5.97 Å². The average molecular weight is 303 g/mol. The smallest absolute Gasteiger partial charge is 0.321 e. The second kappa shape index (κ2) is 14.2. The summed E-state index contributed by atoms with van der Waals surface area (Å²) in [6.07, 6.45) is 2.92. The van der Waals surface area contributed by atoms with Crippen molar-refractivity contribution in [3.05, 3.63) is 0 Å². The number of carbonyl (C=O) groups excluding carboxylic acids is 1. The van der Waals surface area contributed by atoms with Gasteiger partial charge in [0.05, 0.1) is 6.54 Å². The van der Waals surface area contributed by atoms with Crippen molar-refractivity contribution in [1.82, 2.24) is 15.1 Å². The molecule has 126 valence electrons. The molecule has 0 aliphatic carbocycles. The van der Waals surface area contributed by atoms with E-state index in [0.29, 0.717) is 19.8 Å². The summed E-state index contributed by atoms with van der Waals surface area (Å²) in [4.78, 5) is 15.5. The third kappa shape index (κ3) is 14.0. The van der Waals surface area contributed by atoms with Gasteiger partial charge in [-0.05, 0) is 59.5 Å². The summed E-state index contributed by atoms with van der Waals surface area (Å²) in [6, 6.07) is 0. The number of likely N-dealkylation sites (N-methyl/N-ethyl adjacent to an activating group) is 1. The number of nitrogens with one attached hydrogen (secondary N) is 1. The van der Waals surface area contributed by atoms with Gasteiger partial charge < -0.3 is 21.5 Å². The van der Waals surface area contributed by atoms with Crippen LogP contribution in [-0.2, 0) is 9.53 Å². The first-order valence-corrected chi connectivity index (χ1v) is 7.73. The van der Waals surface area contributed by atoms with Gasteiger partial charge in [-0.1, -0.05) is 0 Å². The molecule has 5 N–H and O–H groups in total. The molecule has 0 heterocycles. The topological polar surface area (TPSA) is 96.8 Å². The molecule has 0 spiro atoms. The quantitative estimate of drug-likeness (QED) is 0.216. The lowest BCUT2D eigenvalue weighted by Crippen LogP contribution is -2.34. The summed E-state index contributed by atoms with van der Waals surface area (Å²) in [5.41, 5.74) is 11.0. The first-order chi connectivity index (χ1) is 10.1. The Morgan fingerprint density at radius 2 is 1.67 bits per heavy atom. The summed E-state index contributed by atoms with van der Waals surface area (Å²) in [5, 5.41) is 3.34. The summed E-state index contributed by atoms with van der Waals surface area (Å²) in [7, 11) is 3.70. The van der Waals surface area contributed by atoms with Crippen LogP contribution in [0.3, 0.4) is 0 Å². The molecule has 0 aliphatic heterocycles. The molecule has 0 unspecified atom stereocenters. The summed E-state index contributed by atoms with van der Waals surface area (Å²) < 4.78 is 5.28. The highest BCUT2D eigenvalue weighted by atomic mass is 16.5. The second-order valence-corrected chi connectivity index (χ2v) is 5.39. The van der Waals surface area contributed by atoms with Gasteiger partial charge >= 0.3 is 5.97 Å². The van der Waals surface area contributed by atoms with Crippen LogP contribution in [0.1, 0.15) is 19.3 Å². The Labute approximate surface area is 129 Å². The number of esters is 1. The Bertz CT molecular complexity index is 252. The SMILES string of the molecule is CN(C)CC(=O)OCN(CCCN)CCCNCCCN. The Morgan fingerprint density at radius 3 is 2.29 bits per heavy atom. The Kier molecular flexibility index (Phi) is 13.7. The van der Waals surface area contributed by atoms with Crippen molar-refractivity contribution >= 4 is 5.97 Å². The number of nitrogens with zero attached hydrogens (tertiary/aromatic N) is 2. The third-order valence-corrected chi connectivity index (χ3v) is 2.92. The van der Waals surface area contributed by atoms with Gasteiger partial charge in [0.2, 0.25) is 0 Å². The van der Waals surface area contributed by atoms with E-state index >= 15 is 0 Å². The zero-order chi connectivity index (χ0) is 15.9. The van der Waals surface area contributed by atoms with E-state index in [1.807, 2.05) is 14.1 Å². The minimum atomic E-state index is -0.196. The van der Waals surface area contributed by atoms with E-state index < -0.39 is 0 Å². The van der Waals surface area contributed by atoms with Crippen LogP contribution in [0.4, 0.5) is 0 Å². The molecular weight excluding hydrogens is 270 g/mol. The zero-order valence-electron chi connectivity index (χ0n) is 13.6. The van der Waals surface area contributed by atoms with Gasteiger partial charge in [-0.3, -0.25) is 14.6 Å². The fraction of sp³-hybridized carbons (Fsp3) is 0.929. The van der Waals surface area contributed by atoms with Crippen molar-refractivity contribution < 1.29 is 9.53 Å². The molecule has 0 rings (SSSR count). The van der Waals surface area contributed by atoms with Gasteiger partial charge in [-0.25, -0.2) is 0 Å². The van der Waals surface area contributed by atoms with E-state index in [1.165, 1.54) is 0 Å². The molecule has 0 fully saturated rings. The molecule has 0 aromatic carbocycles. The fourth-order valence-corrected chi connectivity index (χ4v) is 1.80. The van der Waals surface area contributed by atoms with Crippen LogP contribution in [0.2, 0.25) is 0 Å². The van der Waals surface area contributed by atoms with Gasteiger partial charge in [-0.15, -0.1) is 0 Å². The highest BCUT2D eigenvalue weighted by Crippen LogP contribution is 1.95. The van der Waals surface area contributed by atoms with Crippen LogP contribution in [-0.4, -0.2) is 82.4 Å². The van der Waals surface area contributed by atoms with E-state index in [1.54, 1.807) is 4.90 Å². The van der Waals surface area contributed by atoms with Crippen molar-refractivity contribution in [3.8, 4) is 0 Å². The molecule has 0 bridgehead atoms. The second-order valence-electron chi connectivity index (χ2n) is 5.39. The molecular formula is C14H33N5O2. The minimum Gasteiger partial charge on any atom is -0.449 e. The number of carbonyl (C=O) groups is 1. The summed E-state index contributed by atoms with van der Waals surface area (Å²) in [6.45, 7) is 5.68. The molecule has 0 atom stereocenters. The van der Waals surface area contributed by atoms with Crippen LogP contribution < -0.4 is 16.8 Å². The van der Waals surface area contributed by atoms with Crippen molar-refractivity contribution in [3.63, 3.8) is 0 Å². The minimum absolute atomic E-state index is 0.196. The lowest BCUT2D eigenvalue weighted by Gasteiger charge is -2.22. The molecule has 7 nitrogen and oxygen atoms in total. The van der Waals surface area contributed by atoms with E-state index in [9.17, 15) is 4.79 Å². The van der Waals surface area contributed by atoms with E-state index in [2.05, 4.69) is 10.2 Å². The van der Waals surface area contributed by atoms with Gasteiger partial charge in [-0.2, -0.15) is 0 Å². The highest BCUT2D eigenvalue weighted by molar-refractivity contribution is 5.71. The van der Waals surface area contributed by atoms with Crippen molar-refractivity contribution in [1.29, 1.82) is 0 Å². The third-order valence-electron chi connectivity index (χ3n) is 2.92. The largest absolute Gasteiger partial charge is 0.449 e. The van der Waals surface area contributed by atoms with E-state index in [4.69, 9.17) is 16.2 Å². The molecule has 0 saturated heterocycles. The molecule has 0 radical (unpaired) electrons. The zero-order valence-corrected chi connectivity index (χ0v) is 13.6. The molecule has 0 aromatic heterocycles. The predicted octanol–water partition coefficient (Wildman–Crippen LogP) is -0.972. The number of rotatable bonds is 14. The van der Waals surface area contributed by atoms with Gasteiger partial charge in [0.15, 0.2) is 0 Å². The molecule has 0 amide bonds. The van der Waals surface area contributed by atoms with Gasteiger partial charge in [0.25, 0.3) is 0 Å². The number of nitrogens with two attached hydrogens (primary N) is 2. The Hall–Kier alpha value is -0.730. The summed E-state index contributed by atoms with van der Waals surface area (Å²) >= 11 is 0. The molecule has 0 saturated carbocycles. The monoisotopic (exact) mass is 303 g/mol. The predicted molar refractivity (Wildman–Crippen MR) is 85.9 cm³/mol. The van der Waals surface area contributed by atoms with Gasteiger partial charge in [0, 0.05) is 13.1 Å². The molecule has 7 heteroatoms. The fourth-order valence-electron chi connectivity index (χ4n) is 1.80. The van der Waals surface area contributed by atoms with Crippen LogP contribution in [0.5, 0.6) is 0 Å². The average Bonchev–Trinajstić information content (AvgIpc) is 2.43. The van der Waals surface area contributed by atoms with E-state index in [0.717, 1.165) is 52.0 Å². The standard InChI is InChI=1S/C14H33N5O2/c1-18(2)12-14(20)21-13-19(10-4-7-16)11-5-9-17-8-3-6-15/h17H,3-13,15-16H2,1-2H3. The maximum Gasteiger partial charge on any atom is 0.321 e. The van der Waals surface area contributed by atoms with Crippen molar-refractivity contribution in [2.75, 3.05) is 66.6 Å². The molecule has 0 aliphatic rings. The number of hydrogen-bond acceptors (Lipinski definition) is 7. The van der Waals surface area contributed by atoms with Crippen LogP contribution in [0, 0.1) is 0 Å². The highest BCUT2D eigenvalue weighted by Gasteiger charge is 2.09. The maximum absolute atomic E-state index is 11.5. The van der Waals surface area contributed by atoms with Crippen molar-refractivity contribution in [2.24, 2.45) is 11.5 Å². The lowest BCUT2D eigenvalue weighted by atomic mass is 10.3. The normalized spacial score (nSPS) is 11.3. The Balaban J connectivity index is 3.83. The first kappa shape index (κ1) is 20.3. The number of ether oxygens (including phenoxy) is 1. The molecule has 0 aromatic rings. The number of hydrogen-bond donors (Lipinski definition) is 3. The molecule has 21 heavy (non-hydrogen) atoms. The van der Waals surface area contributed by atoms with Crippen LogP contribution >= 0.6 is 0 Å². The van der Waals surface area contributed by atoms with Crippen LogP contribution in [0.15, 0.2) is 0 Å².